The van der Waals surface area contributed by atoms with Crippen LogP contribution in [0.5, 0.6) is 11.5 Å². The number of amides is 1. The van der Waals surface area contributed by atoms with Crippen molar-refractivity contribution in [2.75, 3.05) is 32.6 Å². The number of nitrogens with zero attached hydrogens (tertiary/aromatic N) is 1. The first-order valence-electron chi connectivity index (χ1n) is 8.06. The molecule has 0 spiro atoms. The topological polar surface area (TPSA) is 50.8 Å². The van der Waals surface area contributed by atoms with Gasteiger partial charge < -0.3 is 14.8 Å². The molecule has 2 rings (SSSR count). The quantitative estimate of drug-likeness (QED) is 0.797. The number of hydrogen-bond donors (Lipinski definition) is 1. The Hall–Kier alpha value is -2.60. The summed E-state index contributed by atoms with van der Waals surface area (Å²) in [5.41, 5.74) is 1.40. The zero-order valence-electron chi connectivity index (χ0n) is 14.7. The second-order valence-electron chi connectivity index (χ2n) is 5.62. The molecule has 0 fully saturated rings. The fraction of sp³-hybridized carbons (Fsp3) is 0.316. The summed E-state index contributed by atoms with van der Waals surface area (Å²) in [6.45, 7) is 3.03. The fourth-order valence-corrected chi connectivity index (χ4v) is 2.46. The molecule has 2 aromatic rings. The first-order valence-corrected chi connectivity index (χ1v) is 8.06. The van der Waals surface area contributed by atoms with Crippen LogP contribution in [0.2, 0.25) is 0 Å². The highest BCUT2D eigenvalue weighted by Crippen LogP contribution is 2.23. The van der Waals surface area contributed by atoms with Gasteiger partial charge in [0.1, 0.15) is 5.75 Å². The number of nitrogens with one attached hydrogen (secondary N) is 1. The highest BCUT2D eigenvalue weighted by Gasteiger charge is 2.11. The van der Waals surface area contributed by atoms with Gasteiger partial charge in [0, 0.05) is 6.54 Å². The van der Waals surface area contributed by atoms with Crippen LogP contribution in [0.3, 0.4) is 0 Å². The zero-order valence-corrected chi connectivity index (χ0v) is 14.7. The van der Waals surface area contributed by atoms with E-state index in [1.807, 2.05) is 25.1 Å². The lowest BCUT2D eigenvalue weighted by Crippen LogP contribution is -2.30. The average molecular weight is 346 g/mol. The van der Waals surface area contributed by atoms with Crippen molar-refractivity contribution < 1.29 is 18.7 Å². The Kier molecular flexibility index (Phi) is 6.77. The van der Waals surface area contributed by atoms with Crippen molar-refractivity contribution in [1.82, 2.24) is 4.90 Å². The highest BCUT2D eigenvalue weighted by molar-refractivity contribution is 5.93. The van der Waals surface area contributed by atoms with Crippen LogP contribution in [0.25, 0.3) is 0 Å². The van der Waals surface area contributed by atoms with Crippen molar-refractivity contribution in [3.8, 4) is 11.5 Å². The standard InChI is InChI=1S/C19H23FN2O3/c1-4-25-18-8-6-5-7-16(18)21-19(23)13-22(2)12-14-9-10-17(24-3)15(20)11-14/h5-11H,4,12-13H2,1-3H3,(H,21,23). The molecule has 5 nitrogen and oxygen atoms in total. The largest absolute Gasteiger partial charge is 0.494 e. The SMILES string of the molecule is CCOc1ccccc1NC(=O)CN(C)Cc1ccc(OC)c(F)c1. The van der Waals surface area contributed by atoms with Crippen molar-refractivity contribution in [3.05, 3.63) is 53.8 Å². The molecule has 0 bridgehead atoms. The summed E-state index contributed by atoms with van der Waals surface area (Å²) in [5.74, 6) is 0.266. The lowest BCUT2D eigenvalue weighted by molar-refractivity contribution is -0.117. The van der Waals surface area contributed by atoms with Gasteiger partial charge in [-0.3, -0.25) is 9.69 Å². The van der Waals surface area contributed by atoms with E-state index in [0.717, 1.165) is 5.56 Å². The van der Waals surface area contributed by atoms with E-state index < -0.39 is 5.82 Å². The summed E-state index contributed by atoms with van der Waals surface area (Å²) < 4.78 is 24.1. The molecule has 6 heteroatoms. The van der Waals surface area contributed by atoms with Crippen molar-refractivity contribution in [2.24, 2.45) is 0 Å². The molecular weight excluding hydrogens is 323 g/mol. The van der Waals surface area contributed by atoms with Gasteiger partial charge in [0.25, 0.3) is 0 Å². The number of halogens is 1. The minimum Gasteiger partial charge on any atom is -0.494 e. The second-order valence-corrected chi connectivity index (χ2v) is 5.62. The zero-order chi connectivity index (χ0) is 18.2. The Morgan fingerprint density at radius 2 is 1.96 bits per heavy atom. The minimum absolute atomic E-state index is 0.163. The number of anilines is 1. The predicted molar refractivity (Wildman–Crippen MR) is 95.5 cm³/mol. The maximum absolute atomic E-state index is 13.7. The van der Waals surface area contributed by atoms with Crippen molar-refractivity contribution in [2.45, 2.75) is 13.5 Å². The first kappa shape index (κ1) is 18.7. The van der Waals surface area contributed by atoms with Gasteiger partial charge in [-0.05, 0) is 43.8 Å². The van der Waals surface area contributed by atoms with E-state index in [1.54, 1.807) is 30.1 Å². The molecule has 0 aromatic heterocycles. The number of ether oxygens (including phenoxy) is 2. The van der Waals surface area contributed by atoms with E-state index in [-0.39, 0.29) is 18.2 Å². The van der Waals surface area contributed by atoms with E-state index in [0.29, 0.717) is 24.6 Å². The molecule has 0 aliphatic carbocycles. The van der Waals surface area contributed by atoms with Gasteiger partial charge in [0.15, 0.2) is 11.6 Å². The Labute approximate surface area is 147 Å². The maximum Gasteiger partial charge on any atom is 0.238 e. The number of methoxy groups -OCH3 is 1. The second kappa shape index (κ2) is 9.03. The molecule has 1 N–H and O–H groups in total. The van der Waals surface area contributed by atoms with Crippen LogP contribution in [0.15, 0.2) is 42.5 Å². The summed E-state index contributed by atoms with van der Waals surface area (Å²) in [6, 6.07) is 12.1. The number of carbonyl (C=O) groups excluding carboxylic acids is 1. The van der Waals surface area contributed by atoms with Gasteiger partial charge in [-0.2, -0.15) is 0 Å². The monoisotopic (exact) mass is 346 g/mol. The normalized spacial score (nSPS) is 10.6. The lowest BCUT2D eigenvalue weighted by Gasteiger charge is -2.17. The van der Waals surface area contributed by atoms with E-state index in [1.165, 1.54) is 13.2 Å². The molecule has 1 amide bonds. The fourth-order valence-electron chi connectivity index (χ4n) is 2.46. The Morgan fingerprint density at radius 3 is 2.64 bits per heavy atom. The van der Waals surface area contributed by atoms with Crippen LogP contribution < -0.4 is 14.8 Å². The summed E-state index contributed by atoms with van der Waals surface area (Å²) in [4.78, 5) is 14.0. The molecule has 2 aromatic carbocycles. The van der Waals surface area contributed by atoms with Crippen LogP contribution in [0.4, 0.5) is 10.1 Å². The molecule has 0 radical (unpaired) electrons. The van der Waals surface area contributed by atoms with Crippen LogP contribution in [-0.4, -0.2) is 38.1 Å². The first-order chi connectivity index (χ1) is 12.0. The van der Waals surface area contributed by atoms with Crippen molar-refractivity contribution in [3.63, 3.8) is 0 Å². The van der Waals surface area contributed by atoms with E-state index in [9.17, 15) is 9.18 Å². The third-order valence-electron chi connectivity index (χ3n) is 3.54. The lowest BCUT2D eigenvalue weighted by atomic mass is 10.2. The molecule has 134 valence electrons. The molecule has 0 saturated carbocycles. The van der Waals surface area contributed by atoms with Gasteiger partial charge in [-0.1, -0.05) is 18.2 Å². The number of likely N-dealkylation sites (N-methyl/N-ethyl adjacent to an activating group) is 1. The molecule has 0 aliphatic heterocycles. The van der Waals surface area contributed by atoms with Gasteiger partial charge in [-0.15, -0.1) is 0 Å². The summed E-state index contributed by atoms with van der Waals surface area (Å²) in [7, 11) is 3.23. The predicted octanol–water partition coefficient (Wildman–Crippen LogP) is 3.30. The van der Waals surface area contributed by atoms with E-state index in [2.05, 4.69) is 5.32 Å². The van der Waals surface area contributed by atoms with Gasteiger partial charge in [0.05, 0.1) is 25.9 Å². The van der Waals surface area contributed by atoms with Crippen molar-refractivity contribution in [1.29, 1.82) is 0 Å². The minimum atomic E-state index is -0.413. The summed E-state index contributed by atoms with van der Waals surface area (Å²) in [5, 5.41) is 2.84. The number of hydrogen-bond acceptors (Lipinski definition) is 4. The molecule has 0 aliphatic rings. The Balaban J connectivity index is 1.93. The van der Waals surface area contributed by atoms with Crippen LogP contribution in [0.1, 0.15) is 12.5 Å². The number of rotatable bonds is 8. The third kappa shape index (κ3) is 5.46. The van der Waals surface area contributed by atoms with Crippen LogP contribution in [-0.2, 0) is 11.3 Å². The average Bonchev–Trinajstić information content (AvgIpc) is 2.57. The van der Waals surface area contributed by atoms with E-state index >= 15 is 0 Å². The molecule has 0 heterocycles. The Bertz CT molecular complexity index is 722. The number of carbonyl (C=O) groups is 1. The molecule has 0 unspecified atom stereocenters. The smallest absolute Gasteiger partial charge is 0.238 e. The summed E-state index contributed by atoms with van der Waals surface area (Å²) in [6.07, 6.45) is 0. The Morgan fingerprint density at radius 1 is 1.20 bits per heavy atom. The van der Waals surface area contributed by atoms with Gasteiger partial charge in [-0.25, -0.2) is 4.39 Å². The van der Waals surface area contributed by atoms with Crippen molar-refractivity contribution >= 4 is 11.6 Å². The number of para-hydroxylation sites is 2. The van der Waals surface area contributed by atoms with E-state index in [4.69, 9.17) is 9.47 Å². The number of benzene rings is 2. The molecule has 25 heavy (non-hydrogen) atoms. The molecule has 0 atom stereocenters. The maximum atomic E-state index is 13.7. The highest BCUT2D eigenvalue weighted by atomic mass is 19.1. The molecule has 0 saturated heterocycles. The van der Waals surface area contributed by atoms with Gasteiger partial charge in [0.2, 0.25) is 5.91 Å². The summed E-state index contributed by atoms with van der Waals surface area (Å²) >= 11 is 0. The van der Waals surface area contributed by atoms with Crippen LogP contribution in [0, 0.1) is 5.82 Å². The van der Waals surface area contributed by atoms with Gasteiger partial charge >= 0.3 is 0 Å². The molecular formula is C19H23FN2O3. The van der Waals surface area contributed by atoms with Crippen LogP contribution >= 0.6 is 0 Å². The third-order valence-corrected chi connectivity index (χ3v) is 3.54.